The number of para-hydroxylation sites is 2. The highest BCUT2D eigenvalue weighted by atomic mass is 16.5. The maximum atomic E-state index is 5.87. The lowest BCUT2D eigenvalue weighted by molar-refractivity contribution is 0.0196. The molecule has 1 aliphatic heterocycles. The van der Waals surface area contributed by atoms with Crippen molar-refractivity contribution < 1.29 is 4.74 Å². The molecule has 102 valence electrons. The van der Waals surface area contributed by atoms with E-state index in [1.807, 2.05) is 0 Å². The van der Waals surface area contributed by atoms with Gasteiger partial charge in [-0.05, 0) is 12.1 Å². The fraction of sp³-hybridized carbons (Fsp3) is 0.294. The van der Waals surface area contributed by atoms with Crippen molar-refractivity contribution in [2.24, 2.45) is 0 Å². The highest BCUT2D eigenvalue weighted by Crippen LogP contribution is 2.29. The Hall–Kier alpha value is -1.84. The summed E-state index contributed by atoms with van der Waals surface area (Å²) in [7, 11) is 0. The third-order valence-corrected chi connectivity index (χ3v) is 4.07. The molecule has 4 rings (SSSR count). The number of rotatable bonds is 2. The zero-order chi connectivity index (χ0) is 13.4. The smallest absolute Gasteiger partial charge is 0.0878 e. The summed E-state index contributed by atoms with van der Waals surface area (Å²) < 4.78 is 8.26. The summed E-state index contributed by atoms with van der Waals surface area (Å²) in [6.07, 6.45) is 0.253. The molecule has 0 radical (unpaired) electrons. The number of hydrogen-bond acceptors (Lipinski definition) is 2. The average molecular weight is 266 g/mol. The molecule has 1 fully saturated rings. The molecule has 1 unspecified atom stereocenters. The topological polar surface area (TPSA) is 26.2 Å². The molecule has 2 aromatic carbocycles. The molecular formula is C17H18N2O. The van der Waals surface area contributed by atoms with Crippen LogP contribution in [0.4, 0.5) is 0 Å². The van der Waals surface area contributed by atoms with Gasteiger partial charge in [0, 0.05) is 34.9 Å². The van der Waals surface area contributed by atoms with Crippen molar-refractivity contribution >= 4 is 21.8 Å². The quantitative estimate of drug-likeness (QED) is 0.772. The lowest BCUT2D eigenvalue weighted by atomic mass is 10.2. The molecule has 2 heterocycles. The van der Waals surface area contributed by atoms with Crippen LogP contribution in [0, 0.1) is 0 Å². The van der Waals surface area contributed by atoms with Crippen LogP contribution in [0.3, 0.4) is 0 Å². The van der Waals surface area contributed by atoms with E-state index in [0.29, 0.717) is 0 Å². The molecule has 1 atom stereocenters. The van der Waals surface area contributed by atoms with E-state index < -0.39 is 0 Å². The molecule has 0 amide bonds. The van der Waals surface area contributed by atoms with Gasteiger partial charge in [-0.15, -0.1) is 0 Å². The zero-order valence-electron chi connectivity index (χ0n) is 11.4. The van der Waals surface area contributed by atoms with Crippen LogP contribution < -0.4 is 5.32 Å². The van der Waals surface area contributed by atoms with E-state index in [4.69, 9.17) is 4.74 Å². The SMILES string of the molecule is c1ccc2c(c1)c1ccccc1n2CC1CNCCO1. The van der Waals surface area contributed by atoms with Crippen molar-refractivity contribution in [1.82, 2.24) is 9.88 Å². The first-order valence-electron chi connectivity index (χ1n) is 7.22. The second kappa shape index (κ2) is 4.93. The molecule has 20 heavy (non-hydrogen) atoms. The van der Waals surface area contributed by atoms with Gasteiger partial charge >= 0.3 is 0 Å². The molecule has 3 heteroatoms. The highest BCUT2D eigenvalue weighted by molar-refractivity contribution is 6.07. The Morgan fingerprint density at radius 3 is 2.25 bits per heavy atom. The Morgan fingerprint density at radius 1 is 1.00 bits per heavy atom. The van der Waals surface area contributed by atoms with Crippen molar-refractivity contribution in [3.05, 3.63) is 48.5 Å². The van der Waals surface area contributed by atoms with Gasteiger partial charge in [0.05, 0.1) is 19.3 Å². The van der Waals surface area contributed by atoms with Crippen LogP contribution in [0.15, 0.2) is 48.5 Å². The summed E-state index contributed by atoms with van der Waals surface area (Å²) in [5.74, 6) is 0. The number of hydrogen-bond donors (Lipinski definition) is 1. The number of nitrogens with zero attached hydrogens (tertiary/aromatic N) is 1. The average Bonchev–Trinajstić information content (AvgIpc) is 2.84. The predicted molar refractivity (Wildman–Crippen MR) is 82.1 cm³/mol. The van der Waals surface area contributed by atoms with Gasteiger partial charge < -0.3 is 14.6 Å². The molecule has 1 aromatic heterocycles. The molecule has 1 N–H and O–H groups in total. The van der Waals surface area contributed by atoms with Crippen molar-refractivity contribution in [2.45, 2.75) is 12.6 Å². The van der Waals surface area contributed by atoms with Crippen molar-refractivity contribution in [2.75, 3.05) is 19.7 Å². The minimum absolute atomic E-state index is 0.253. The highest BCUT2D eigenvalue weighted by Gasteiger charge is 2.17. The van der Waals surface area contributed by atoms with E-state index in [9.17, 15) is 0 Å². The van der Waals surface area contributed by atoms with Gasteiger partial charge in [0.15, 0.2) is 0 Å². The maximum Gasteiger partial charge on any atom is 0.0878 e. The number of ether oxygens (including phenoxy) is 1. The number of aromatic nitrogens is 1. The van der Waals surface area contributed by atoms with E-state index in [0.717, 1.165) is 26.2 Å². The molecule has 0 aliphatic carbocycles. The van der Waals surface area contributed by atoms with Gasteiger partial charge in [-0.3, -0.25) is 0 Å². The first kappa shape index (κ1) is 11.9. The summed E-state index contributed by atoms with van der Waals surface area (Å²) in [6, 6.07) is 17.2. The van der Waals surface area contributed by atoms with E-state index >= 15 is 0 Å². The fourth-order valence-electron chi connectivity index (χ4n) is 3.14. The lowest BCUT2D eigenvalue weighted by Crippen LogP contribution is -2.40. The molecule has 1 aliphatic rings. The van der Waals surface area contributed by atoms with Gasteiger partial charge in [-0.25, -0.2) is 0 Å². The molecule has 0 bridgehead atoms. The number of benzene rings is 2. The number of fused-ring (bicyclic) bond motifs is 3. The molecule has 0 saturated carbocycles. The molecule has 0 spiro atoms. The summed E-state index contributed by atoms with van der Waals surface area (Å²) in [6.45, 7) is 3.60. The van der Waals surface area contributed by atoms with Gasteiger partial charge in [0.2, 0.25) is 0 Å². The van der Waals surface area contributed by atoms with E-state index in [1.165, 1.54) is 21.8 Å². The third kappa shape index (κ3) is 1.90. The van der Waals surface area contributed by atoms with Crippen LogP contribution in [0.25, 0.3) is 21.8 Å². The second-order valence-corrected chi connectivity index (χ2v) is 5.34. The number of morpholine rings is 1. The molecule has 3 aromatic rings. The fourth-order valence-corrected chi connectivity index (χ4v) is 3.14. The van der Waals surface area contributed by atoms with Crippen LogP contribution in [0.2, 0.25) is 0 Å². The first-order chi connectivity index (χ1) is 9.93. The van der Waals surface area contributed by atoms with Gasteiger partial charge in [-0.2, -0.15) is 0 Å². The molecular weight excluding hydrogens is 248 g/mol. The normalized spacial score (nSPS) is 19.7. The minimum Gasteiger partial charge on any atom is -0.374 e. The van der Waals surface area contributed by atoms with Gasteiger partial charge in [0.1, 0.15) is 0 Å². The van der Waals surface area contributed by atoms with Crippen molar-refractivity contribution in [3.8, 4) is 0 Å². The first-order valence-corrected chi connectivity index (χ1v) is 7.22. The molecule has 3 nitrogen and oxygen atoms in total. The van der Waals surface area contributed by atoms with Crippen LogP contribution >= 0.6 is 0 Å². The van der Waals surface area contributed by atoms with Crippen LogP contribution in [-0.2, 0) is 11.3 Å². The summed E-state index contributed by atoms with van der Waals surface area (Å²) >= 11 is 0. The predicted octanol–water partition coefficient (Wildman–Crippen LogP) is 2.78. The Labute approximate surface area is 118 Å². The monoisotopic (exact) mass is 266 g/mol. The van der Waals surface area contributed by atoms with Crippen molar-refractivity contribution in [3.63, 3.8) is 0 Å². The zero-order valence-corrected chi connectivity index (χ0v) is 11.4. The van der Waals surface area contributed by atoms with Crippen LogP contribution in [0.5, 0.6) is 0 Å². The summed E-state index contributed by atoms with van der Waals surface area (Å²) in [5, 5.41) is 6.06. The van der Waals surface area contributed by atoms with E-state index in [2.05, 4.69) is 58.4 Å². The Bertz CT molecular complexity index is 688. The molecule has 1 saturated heterocycles. The van der Waals surface area contributed by atoms with E-state index in [-0.39, 0.29) is 6.10 Å². The van der Waals surface area contributed by atoms with Gasteiger partial charge in [0.25, 0.3) is 0 Å². The van der Waals surface area contributed by atoms with Crippen molar-refractivity contribution in [1.29, 1.82) is 0 Å². The summed E-state index contributed by atoms with van der Waals surface area (Å²) in [4.78, 5) is 0. The Balaban J connectivity index is 1.86. The Morgan fingerprint density at radius 2 is 1.65 bits per heavy atom. The largest absolute Gasteiger partial charge is 0.374 e. The third-order valence-electron chi connectivity index (χ3n) is 4.07. The maximum absolute atomic E-state index is 5.87. The Kier molecular flexibility index (Phi) is 2.94. The minimum atomic E-state index is 0.253. The lowest BCUT2D eigenvalue weighted by Gasteiger charge is -2.24. The standard InChI is InChI=1S/C17H18N2O/c1-3-7-16-14(5-1)15-6-2-4-8-17(15)19(16)12-13-11-18-9-10-20-13/h1-8,13,18H,9-12H2. The van der Waals surface area contributed by atoms with E-state index in [1.54, 1.807) is 0 Å². The van der Waals surface area contributed by atoms with Crippen LogP contribution in [-0.4, -0.2) is 30.4 Å². The summed E-state index contributed by atoms with van der Waals surface area (Å²) in [5.41, 5.74) is 2.59. The second-order valence-electron chi connectivity index (χ2n) is 5.34. The number of nitrogens with one attached hydrogen (secondary N) is 1. The van der Waals surface area contributed by atoms with Crippen LogP contribution in [0.1, 0.15) is 0 Å². The van der Waals surface area contributed by atoms with Gasteiger partial charge in [-0.1, -0.05) is 36.4 Å².